The predicted octanol–water partition coefficient (Wildman–Crippen LogP) is 0.804. The molecule has 1 aromatic rings. The highest BCUT2D eigenvalue weighted by Gasteiger charge is 2.13. The van der Waals surface area contributed by atoms with Crippen LogP contribution < -0.4 is 11.1 Å². The maximum absolute atomic E-state index is 11.6. The molecule has 0 radical (unpaired) electrons. The van der Waals surface area contributed by atoms with E-state index in [9.17, 15) is 4.79 Å². The minimum atomic E-state index is -0.484. The summed E-state index contributed by atoms with van der Waals surface area (Å²) < 4.78 is 0. The Kier molecular flexibility index (Phi) is 5.21. The normalized spacial score (nSPS) is 12.2. The first-order valence-electron chi connectivity index (χ1n) is 4.97. The van der Waals surface area contributed by atoms with E-state index in [1.165, 1.54) is 6.33 Å². The van der Waals surface area contributed by atoms with Crippen molar-refractivity contribution in [2.45, 2.75) is 19.4 Å². The monoisotopic (exact) mass is 240 g/mol. The number of amides is 1. The van der Waals surface area contributed by atoms with E-state index in [1.807, 2.05) is 13.2 Å². The second-order valence-electron chi connectivity index (χ2n) is 3.42. The smallest absolute Gasteiger partial charge is 0.242 e. The van der Waals surface area contributed by atoms with Crippen LogP contribution in [0.25, 0.3) is 0 Å². The minimum Gasteiger partial charge on any atom is -0.320 e. The molecule has 0 aliphatic heterocycles. The van der Waals surface area contributed by atoms with Crippen molar-refractivity contribution in [3.05, 3.63) is 18.1 Å². The highest BCUT2D eigenvalue weighted by atomic mass is 32.2. The molecular formula is C10H16N4OS. The molecule has 1 aromatic heterocycles. The van der Waals surface area contributed by atoms with Crippen molar-refractivity contribution in [3.8, 4) is 0 Å². The molecule has 0 aliphatic carbocycles. The number of aromatic nitrogens is 2. The highest BCUT2D eigenvalue weighted by molar-refractivity contribution is 7.98. The van der Waals surface area contributed by atoms with E-state index in [0.29, 0.717) is 12.2 Å². The lowest BCUT2D eigenvalue weighted by atomic mass is 10.2. The summed E-state index contributed by atoms with van der Waals surface area (Å²) in [5, 5.41) is 2.67. The SMILES string of the molecule is CSCC[C@H](N)C(=O)Nc1cc(C)ncn1. The number of thioether (sulfide) groups is 1. The van der Waals surface area contributed by atoms with Crippen molar-refractivity contribution >= 4 is 23.5 Å². The fourth-order valence-electron chi connectivity index (χ4n) is 1.12. The van der Waals surface area contributed by atoms with E-state index >= 15 is 0 Å². The van der Waals surface area contributed by atoms with Crippen LogP contribution >= 0.6 is 11.8 Å². The summed E-state index contributed by atoms with van der Waals surface area (Å²) in [4.78, 5) is 19.5. The molecule has 0 fully saturated rings. The van der Waals surface area contributed by atoms with Crippen LogP contribution in [-0.4, -0.2) is 33.9 Å². The van der Waals surface area contributed by atoms with Gasteiger partial charge in [-0.05, 0) is 25.4 Å². The van der Waals surface area contributed by atoms with Crippen LogP contribution in [0.3, 0.4) is 0 Å². The van der Waals surface area contributed by atoms with E-state index in [-0.39, 0.29) is 5.91 Å². The van der Waals surface area contributed by atoms with Gasteiger partial charge in [0, 0.05) is 11.8 Å². The summed E-state index contributed by atoms with van der Waals surface area (Å²) >= 11 is 1.67. The molecule has 5 nitrogen and oxygen atoms in total. The van der Waals surface area contributed by atoms with Crippen LogP contribution in [0.2, 0.25) is 0 Å². The number of anilines is 1. The van der Waals surface area contributed by atoms with E-state index in [1.54, 1.807) is 17.8 Å². The second kappa shape index (κ2) is 6.44. The summed E-state index contributed by atoms with van der Waals surface area (Å²) in [5.74, 6) is 1.17. The molecule has 16 heavy (non-hydrogen) atoms. The maximum Gasteiger partial charge on any atom is 0.242 e. The van der Waals surface area contributed by atoms with E-state index in [0.717, 1.165) is 11.4 Å². The molecular weight excluding hydrogens is 224 g/mol. The molecule has 0 spiro atoms. The number of carbonyl (C=O) groups excluding carboxylic acids is 1. The molecule has 0 aliphatic rings. The van der Waals surface area contributed by atoms with Crippen LogP contribution in [0.1, 0.15) is 12.1 Å². The molecule has 88 valence electrons. The Hall–Kier alpha value is -1.14. The lowest BCUT2D eigenvalue weighted by molar-refractivity contribution is -0.117. The van der Waals surface area contributed by atoms with Gasteiger partial charge < -0.3 is 11.1 Å². The summed E-state index contributed by atoms with van der Waals surface area (Å²) in [6.07, 6.45) is 4.06. The molecule has 1 amide bonds. The molecule has 0 bridgehead atoms. The quantitative estimate of drug-likeness (QED) is 0.795. The average molecular weight is 240 g/mol. The summed E-state index contributed by atoms with van der Waals surface area (Å²) in [6, 6.07) is 1.22. The van der Waals surface area contributed by atoms with Crippen LogP contribution in [0, 0.1) is 6.92 Å². The standard InChI is InChI=1S/C10H16N4OS/c1-7-5-9(13-6-12-7)14-10(15)8(11)3-4-16-2/h5-6,8H,3-4,11H2,1-2H3,(H,12,13,14,15)/t8-/m0/s1. The number of nitrogens with zero attached hydrogens (tertiary/aromatic N) is 2. The Balaban J connectivity index is 2.50. The third-order valence-corrected chi connectivity index (χ3v) is 2.67. The average Bonchev–Trinajstić information content (AvgIpc) is 2.25. The predicted molar refractivity (Wildman–Crippen MR) is 66.4 cm³/mol. The largest absolute Gasteiger partial charge is 0.320 e. The number of hydrogen-bond acceptors (Lipinski definition) is 5. The van der Waals surface area contributed by atoms with Gasteiger partial charge in [0.15, 0.2) is 0 Å². The lowest BCUT2D eigenvalue weighted by Gasteiger charge is -2.10. The molecule has 0 saturated carbocycles. The van der Waals surface area contributed by atoms with Crippen molar-refractivity contribution in [2.24, 2.45) is 5.73 Å². The Morgan fingerprint density at radius 1 is 1.62 bits per heavy atom. The number of rotatable bonds is 5. The third kappa shape index (κ3) is 4.16. The van der Waals surface area contributed by atoms with Crippen molar-refractivity contribution in [1.82, 2.24) is 9.97 Å². The first-order valence-corrected chi connectivity index (χ1v) is 6.37. The van der Waals surface area contributed by atoms with Gasteiger partial charge in [0.1, 0.15) is 12.1 Å². The topological polar surface area (TPSA) is 80.9 Å². The fraction of sp³-hybridized carbons (Fsp3) is 0.500. The van der Waals surface area contributed by atoms with Gasteiger partial charge in [0.05, 0.1) is 6.04 Å². The number of nitrogens with one attached hydrogen (secondary N) is 1. The van der Waals surface area contributed by atoms with Gasteiger partial charge in [0.25, 0.3) is 0 Å². The van der Waals surface area contributed by atoms with E-state index in [4.69, 9.17) is 5.73 Å². The Morgan fingerprint density at radius 2 is 2.38 bits per heavy atom. The Morgan fingerprint density at radius 3 is 3.00 bits per heavy atom. The molecule has 1 atom stereocenters. The van der Waals surface area contributed by atoms with Gasteiger partial charge in [-0.25, -0.2) is 9.97 Å². The maximum atomic E-state index is 11.6. The number of aryl methyl sites for hydroxylation is 1. The van der Waals surface area contributed by atoms with Crippen molar-refractivity contribution in [3.63, 3.8) is 0 Å². The van der Waals surface area contributed by atoms with Crippen molar-refractivity contribution < 1.29 is 4.79 Å². The van der Waals surface area contributed by atoms with E-state index in [2.05, 4.69) is 15.3 Å². The highest BCUT2D eigenvalue weighted by Crippen LogP contribution is 2.05. The van der Waals surface area contributed by atoms with E-state index < -0.39 is 6.04 Å². The molecule has 0 saturated heterocycles. The second-order valence-corrected chi connectivity index (χ2v) is 4.41. The van der Waals surface area contributed by atoms with Crippen LogP contribution in [0.5, 0.6) is 0 Å². The van der Waals surface area contributed by atoms with Gasteiger partial charge in [-0.2, -0.15) is 11.8 Å². The van der Waals surface area contributed by atoms with Gasteiger partial charge >= 0.3 is 0 Å². The molecule has 1 heterocycles. The third-order valence-electron chi connectivity index (χ3n) is 2.02. The lowest BCUT2D eigenvalue weighted by Crippen LogP contribution is -2.36. The Bertz CT molecular complexity index is 358. The summed E-state index contributed by atoms with van der Waals surface area (Å²) in [6.45, 7) is 1.84. The van der Waals surface area contributed by atoms with Crippen LogP contribution in [0.4, 0.5) is 5.82 Å². The number of hydrogen-bond donors (Lipinski definition) is 2. The molecule has 1 rings (SSSR count). The van der Waals surface area contributed by atoms with Crippen LogP contribution in [-0.2, 0) is 4.79 Å². The van der Waals surface area contributed by atoms with Crippen LogP contribution in [0.15, 0.2) is 12.4 Å². The Labute approximate surface area is 99.2 Å². The van der Waals surface area contributed by atoms with Gasteiger partial charge in [0.2, 0.25) is 5.91 Å². The fourth-order valence-corrected chi connectivity index (χ4v) is 1.61. The summed E-state index contributed by atoms with van der Waals surface area (Å²) in [5.41, 5.74) is 6.53. The first kappa shape index (κ1) is 12.9. The van der Waals surface area contributed by atoms with Gasteiger partial charge in [-0.15, -0.1) is 0 Å². The van der Waals surface area contributed by atoms with Crippen molar-refractivity contribution in [2.75, 3.05) is 17.3 Å². The molecule has 3 N–H and O–H groups in total. The van der Waals surface area contributed by atoms with Crippen molar-refractivity contribution in [1.29, 1.82) is 0 Å². The summed E-state index contributed by atoms with van der Waals surface area (Å²) in [7, 11) is 0. The zero-order chi connectivity index (χ0) is 12.0. The molecule has 0 aromatic carbocycles. The first-order chi connectivity index (χ1) is 7.63. The zero-order valence-electron chi connectivity index (χ0n) is 9.43. The minimum absolute atomic E-state index is 0.202. The number of carbonyl (C=O) groups is 1. The van der Waals surface area contributed by atoms with Gasteiger partial charge in [-0.3, -0.25) is 4.79 Å². The molecule has 0 unspecified atom stereocenters. The van der Waals surface area contributed by atoms with Gasteiger partial charge in [-0.1, -0.05) is 0 Å². The zero-order valence-corrected chi connectivity index (χ0v) is 10.3. The number of nitrogens with two attached hydrogens (primary N) is 1. The molecule has 6 heteroatoms.